The summed E-state index contributed by atoms with van der Waals surface area (Å²) in [5, 5.41) is 10.8. The topological polar surface area (TPSA) is 62.0 Å². The van der Waals surface area contributed by atoms with Crippen LogP contribution in [0.2, 0.25) is 0 Å². The maximum atomic E-state index is 9.75. The highest BCUT2D eigenvalue weighted by Crippen LogP contribution is 2.27. The van der Waals surface area contributed by atoms with Gasteiger partial charge in [-0.25, -0.2) is 0 Å². The second kappa shape index (κ2) is 3.68. The molecule has 15 heavy (non-hydrogen) atoms. The molecule has 1 unspecified atom stereocenters. The van der Waals surface area contributed by atoms with Gasteiger partial charge in [0.25, 0.3) is 0 Å². The number of hydrogen-bond acceptors (Lipinski definition) is 2. The Morgan fingerprint density at radius 3 is 2.80 bits per heavy atom. The lowest BCUT2D eigenvalue weighted by Crippen LogP contribution is -2.10. The molecule has 1 atom stereocenters. The van der Waals surface area contributed by atoms with Crippen molar-refractivity contribution in [1.82, 2.24) is 4.98 Å². The minimum Gasteiger partial charge on any atom is -0.387 e. The second-order valence-corrected chi connectivity index (χ2v) is 4.00. The van der Waals surface area contributed by atoms with E-state index in [1.807, 2.05) is 6.20 Å². The Morgan fingerprint density at radius 2 is 2.13 bits per heavy atom. The van der Waals surface area contributed by atoms with Gasteiger partial charge in [0.2, 0.25) is 0 Å². The van der Waals surface area contributed by atoms with Crippen molar-refractivity contribution < 1.29 is 5.11 Å². The van der Waals surface area contributed by atoms with E-state index in [1.165, 1.54) is 11.1 Å². The number of fused-ring (bicyclic) bond motifs is 1. The number of aryl methyl sites for hydroxylation is 2. The normalized spacial score (nSPS) is 13.3. The first-order chi connectivity index (χ1) is 7.13. The van der Waals surface area contributed by atoms with Crippen molar-refractivity contribution in [2.75, 3.05) is 6.54 Å². The molecule has 2 rings (SSSR count). The van der Waals surface area contributed by atoms with Crippen molar-refractivity contribution in [1.29, 1.82) is 0 Å². The molecule has 1 heterocycles. The highest BCUT2D eigenvalue weighted by Gasteiger charge is 2.12. The Kier molecular flexibility index (Phi) is 2.50. The Hall–Kier alpha value is -1.32. The van der Waals surface area contributed by atoms with Crippen LogP contribution >= 0.6 is 0 Å². The van der Waals surface area contributed by atoms with Crippen molar-refractivity contribution in [3.8, 4) is 0 Å². The maximum absolute atomic E-state index is 9.75. The van der Waals surface area contributed by atoms with Crippen LogP contribution in [0.4, 0.5) is 0 Å². The van der Waals surface area contributed by atoms with Crippen LogP contribution in [0.3, 0.4) is 0 Å². The van der Waals surface area contributed by atoms with Gasteiger partial charge in [-0.1, -0.05) is 11.6 Å². The number of aromatic nitrogens is 1. The van der Waals surface area contributed by atoms with Gasteiger partial charge in [0.05, 0.1) is 6.10 Å². The van der Waals surface area contributed by atoms with Crippen LogP contribution in [0.1, 0.15) is 22.8 Å². The average molecular weight is 204 g/mol. The first-order valence-electron chi connectivity index (χ1n) is 5.10. The Morgan fingerprint density at radius 1 is 1.40 bits per heavy atom. The summed E-state index contributed by atoms with van der Waals surface area (Å²) in [5.41, 5.74) is 9.83. The van der Waals surface area contributed by atoms with E-state index in [-0.39, 0.29) is 6.54 Å². The Labute approximate surface area is 88.9 Å². The number of benzene rings is 1. The van der Waals surface area contributed by atoms with E-state index in [9.17, 15) is 5.11 Å². The molecule has 4 N–H and O–H groups in total. The predicted octanol–water partition coefficient (Wildman–Crippen LogP) is 1.78. The van der Waals surface area contributed by atoms with Gasteiger partial charge in [-0.3, -0.25) is 0 Å². The number of aliphatic hydroxyl groups excluding tert-OH is 1. The molecular weight excluding hydrogens is 188 g/mol. The number of H-pyrrole nitrogens is 1. The molecule has 1 aromatic heterocycles. The van der Waals surface area contributed by atoms with E-state index < -0.39 is 6.10 Å². The van der Waals surface area contributed by atoms with Crippen LogP contribution < -0.4 is 5.73 Å². The summed E-state index contributed by atoms with van der Waals surface area (Å²) in [6.45, 7) is 4.36. The van der Waals surface area contributed by atoms with Gasteiger partial charge in [0, 0.05) is 29.2 Å². The van der Waals surface area contributed by atoms with Crippen molar-refractivity contribution in [2.45, 2.75) is 20.0 Å². The van der Waals surface area contributed by atoms with E-state index in [1.54, 1.807) is 0 Å². The average Bonchev–Trinajstić information content (AvgIpc) is 2.60. The number of nitrogens with one attached hydrogen (secondary N) is 1. The zero-order valence-corrected chi connectivity index (χ0v) is 9.04. The fraction of sp³-hybridized carbons (Fsp3) is 0.333. The monoisotopic (exact) mass is 204 g/mol. The number of rotatable bonds is 2. The zero-order chi connectivity index (χ0) is 11.0. The van der Waals surface area contributed by atoms with Crippen LogP contribution in [-0.2, 0) is 0 Å². The third-order valence-corrected chi connectivity index (χ3v) is 2.75. The standard InChI is InChI=1S/C12H16N2O/c1-7-3-8(2)12-9(4-7)10(6-14-12)11(15)5-13/h3-4,6,11,14-15H,5,13H2,1-2H3. The number of hydrogen-bond donors (Lipinski definition) is 3. The van der Waals surface area contributed by atoms with Gasteiger partial charge in [-0.05, 0) is 25.5 Å². The molecular formula is C12H16N2O. The summed E-state index contributed by atoms with van der Waals surface area (Å²) in [6, 6.07) is 4.20. The van der Waals surface area contributed by atoms with E-state index in [2.05, 4.69) is 31.0 Å². The summed E-state index contributed by atoms with van der Waals surface area (Å²) < 4.78 is 0. The predicted molar refractivity (Wildman–Crippen MR) is 61.8 cm³/mol. The van der Waals surface area contributed by atoms with Crippen molar-refractivity contribution in [2.24, 2.45) is 5.73 Å². The number of aromatic amines is 1. The molecule has 0 aliphatic carbocycles. The van der Waals surface area contributed by atoms with Gasteiger partial charge >= 0.3 is 0 Å². The van der Waals surface area contributed by atoms with E-state index in [0.717, 1.165) is 16.5 Å². The number of aliphatic hydroxyl groups is 1. The summed E-state index contributed by atoms with van der Waals surface area (Å²) in [7, 11) is 0. The van der Waals surface area contributed by atoms with Gasteiger partial charge in [0.1, 0.15) is 0 Å². The van der Waals surface area contributed by atoms with Crippen molar-refractivity contribution >= 4 is 10.9 Å². The highest BCUT2D eigenvalue weighted by atomic mass is 16.3. The summed E-state index contributed by atoms with van der Waals surface area (Å²) >= 11 is 0. The molecule has 2 aromatic rings. The lowest BCUT2D eigenvalue weighted by molar-refractivity contribution is 0.188. The van der Waals surface area contributed by atoms with Crippen LogP contribution in [0.25, 0.3) is 10.9 Å². The molecule has 0 aliphatic heterocycles. The molecule has 0 amide bonds. The molecule has 80 valence electrons. The summed E-state index contributed by atoms with van der Waals surface area (Å²) in [4.78, 5) is 3.18. The molecule has 3 heteroatoms. The molecule has 0 saturated heterocycles. The Balaban J connectivity index is 2.68. The maximum Gasteiger partial charge on any atom is 0.0932 e. The third kappa shape index (κ3) is 1.64. The smallest absolute Gasteiger partial charge is 0.0932 e. The van der Waals surface area contributed by atoms with Crippen LogP contribution in [-0.4, -0.2) is 16.6 Å². The van der Waals surface area contributed by atoms with Gasteiger partial charge in [-0.15, -0.1) is 0 Å². The molecule has 0 bridgehead atoms. The molecule has 0 radical (unpaired) electrons. The first-order valence-corrected chi connectivity index (χ1v) is 5.10. The molecule has 0 spiro atoms. The zero-order valence-electron chi connectivity index (χ0n) is 9.04. The van der Waals surface area contributed by atoms with Gasteiger partial charge < -0.3 is 15.8 Å². The first kappa shape index (κ1) is 10.2. The fourth-order valence-electron chi connectivity index (χ4n) is 2.02. The van der Waals surface area contributed by atoms with Gasteiger partial charge in [0.15, 0.2) is 0 Å². The second-order valence-electron chi connectivity index (χ2n) is 4.00. The minimum atomic E-state index is -0.583. The molecule has 3 nitrogen and oxygen atoms in total. The number of nitrogens with two attached hydrogens (primary N) is 1. The van der Waals surface area contributed by atoms with Crippen LogP contribution in [0.15, 0.2) is 18.3 Å². The molecule has 0 aliphatic rings. The van der Waals surface area contributed by atoms with E-state index in [4.69, 9.17) is 5.73 Å². The van der Waals surface area contributed by atoms with E-state index in [0.29, 0.717) is 0 Å². The lowest BCUT2D eigenvalue weighted by Gasteiger charge is -2.06. The summed E-state index contributed by atoms with van der Waals surface area (Å²) in [6.07, 6.45) is 1.26. The molecule has 0 fully saturated rings. The van der Waals surface area contributed by atoms with Crippen LogP contribution in [0, 0.1) is 13.8 Å². The SMILES string of the molecule is Cc1cc(C)c2[nH]cc(C(O)CN)c2c1. The van der Waals surface area contributed by atoms with Crippen molar-refractivity contribution in [3.63, 3.8) is 0 Å². The largest absolute Gasteiger partial charge is 0.387 e. The highest BCUT2D eigenvalue weighted by molar-refractivity contribution is 5.87. The lowest BCUT2D eigenvalue weighted by atomic mass is 10.0. The third-order valence-electron chi connectivity index (χ3n) is 2.75. The fourth-order valence-corrected chi connectivity index (χ4v) is 2.02. The summed E-state index contributed by atoms with van der Waals surface area (Å²) in [5.74, 6) is 0. The van der Waals surface area contributed by atoms with Crippen molar-refractivity contribution in [3.05, 3.63) is 35.0 Å². The molecule has 1 aromatic carbocycles. The van der Waals surface area contributed by atoms with E-state index >= 15 is 0 Å². The quantitative estimate of drug-likeness (QED) is 0.698. The van der Waals surface area contributed by atoms with Crippen LogP contribution in [0.5, 0.6) is 0 Å². The molecule has 0 saturated carbocycles. The minimum absolute atomic E-state index is 0.250. The van der Waals surface area contributed by atoms with Gasteiger partial charge in [-0.2, -0.15) is 0 Å². The Bertz CT molecular complexity index is 488.